The van der Waals surface area contributed by atoms with Crippen LogP contribution in [0.15, 0.2) is 12.1 Å². The number of carbonyl (C=O) groups is 1. The molecule has 0 aromatic carbocycles. The van der Waals surface area contributed by atoms with E-state index in [0.717, 1.165) is 0 Å². The van der Waals surface area contributed by atoms with Crippen molar-refractivity contribution in [2.75, 3.05) is 24.7 Å². The molecule has 6 heteroatoms. The molecule has 1 rings (SSSR count). The number of rotatable bonds is 4. The van der Waals surface area contributed by atoms with Gasteiger partial charge in [0.1, 0.15) is 5.15 Å². The van der Waals surface area contributed by atoms with Gasteiger partial charge in [0.2, 0.25) is 0 Å². The van der Waals surface area contributed by atoms with Gasteiger partial charge in [-0.1, -0.05) is 11.6 Å². The molecule has 0 spiro atoms. The summed E-state index contributed by atoms with van der Waals surface area (Å²) in [6, 6.07) is 3.26. The van der Waals surface area contributed by atoms with Crippen LogP contribution in [0.25, 0.3) is 0 Å². The van der Waals surface area contributed by atoms with Gasteiger partial charge < -0.3 is 15.8 Å². The molecule has 0 bridgehead atoms. The highest BCUT2D eigenvalue weighted by Gasteiger charge is 2.28. The average molecular weight is 258 g/mol. The number of nitrogens with zero attached hydrogens (tertiary/aromatic N) is 1. The number of ether oxygens (including phenoxy) is 1. The van der Waals surface area contributed by atoms with Crippen LogP contribution in [0, 0.1) is 5.41 Å². The second-order valence-electron chi connectivity index (χ2n) is 4.30. The predicted octanol–water partition coefficient (Wildman–Crippen LogP) is 1.93. The highest BCUT2D eigenvalue weighted by Crippen LogP contribution is 2.22. The summed E-state index contributed by atoms with van der Waals surface area (Å²) in [5.74, 6) is 0.167. The van der Waals surface area contributed by atoms with E-state index in [-0.39, 0.29) is 5.97 Å². The summed E-state index contributed by atoms with van der Waals surface area (Å²) in [5, 5.41) is 3.33. The number of hydrogen-bond acceptors (Lipinski definition) is 5. The molecule has 0 amide bonds. The van der Waals surface area contributed by atoms with E-state index in [1.54, 1.807) is 26.0 Å². The Morgan fingerprint density at radius 1 is 1.59 bits per heavy atom. The Kier molecular flexibility index (Phi) is 4.17. The number of hydrogen-bond donors (Lipinski definition) is 2. The van der Waals surface area contributed by atoms with Crippen molar-refractivity contribution >= 4 is 29.1 Å². The summed E-state index contributed by atoms with van der Waals surface area (Å²) in [5.41, 5.74) is 5.55. The number of methoxy groups -OCH3 is 1. The molecule has 0 atom stereocenters. The molecule has 0 fully saturated rings. The van der Waals surface area contributed by atoms with Crippen molar-refractivity contribution in [2.24, 2.45) is 5.41 Å². The Labute approximate surface area is 105 Å². The van der Waals surface area contributed by atoms with E-state index in [1.807, 2.05) is 0 Å². The molecule has 5 nitrogen and oxygen atoms in total. The molecule has 0 aliphatic rings. The second-order valence-corrected chi connectivity index (χ2v) is 4.69. The molecular weight excluding hydrogens is 242 g/mol. The van der Waals surface area contributed by atoms with Crippen molar-refractivity contribution in [1.29, 1.82) is 0 Å². The molecule has 17 heavy (non-hydrogen) atoms. The van der Waals surface area contributed by atoms with Crippen molar-refractivity contribution in [1.82, 2.24) is 4.98 Å². The van der Waals surface area contributed by atoms with Crippen molar-refractivity contribution in [3.05, 3.63) is 17.3 Å². The first-order chi connectivity index (χ1) is 7.86. The van der Waals surface area contributed by atoms with Gasteiger partial charge in [-0.25, -0.2) is 4.98 Å². The molecule has 0 aliphatic heterocycles. The van der Waals surface area contributed by atoms with Gasteiger partial charge in [-0.15, -0.1) is 0 Å². The third-order valence-corrected chi connectivity index (χ3v) is 2.54. The second kappa shape index (κ2) is 5.23. The van der Waals surface area contributed by atoms with Crippen LogP contribution in [0.2, 0.25) is 5.15 Å². The van der Waals surface area contributed by atoms with Gasteiger partial charge in [-0.2, -0.15) is 0 Å². The minimum atomic E-state index is -0.662. The molecule has 1 aromatic heterocycles. The Morgan fingerprint density at radius 2 is 2.24 bits per heavy atom. The van der Waals surface area contributed by atoms with Crippen LogP contribution in [0.1, 0.15) is 13.8 Å². The van der Waals surface area contributed by atoms with Crippen LogP contribution in [0.5, 0.6) is 0 Å². The van der Waals surface area contributed by atoms with E-state index < -0.39 is 5.41 Å². The number of nitrogens with two attached hydrogens (primary N) is 1. The van der Waals surface area contributed by atoms with Gasteiger partial charge >= 0.3 is 5.97 Å². The minimum Gasteiger partial charge on any atom is -0.469 e. The van der Waals surface area contributed by atoms with Crippen LogP contribution in [-0.4, -0.2) is 24.6 Å². The summed E-state index contributed by atoms with van der Waals surface area (Å²) in [6.07, 6.45) is 0. The Balaban J connectivity index is 2.73. The van der Waals surface area contributed by atoms with E-state index in [9.17, 15) is 4.79 Å². The summed E-state index contributed by atoms with van der Waals surface area (Å²) in [4.78, 5) is 15.5. The first kappa shape index (κ1) is 13.6. The number of carbonyl (C=O) groups excluding carboxylic acids is 1. The lowest BCUT2D eigenvalue weighted by Gasteiger charge is -2.22. The maximum absolute atomic E-state index is 11.5. The van der Waals surface area contributed by atoms with Gasteiger partial charge in [0.05, 0.1) is 18.2 Å². The molecule has 0 saturated carbocycles. The zero-order valence-electron chi connectivity index (χ0n) is 10.1. The normalized spacial score (nSPS) is 11.1. The fourth-order valence-corrected chi connectivity index (χ4v) is 1.39. The third-order valence-electron chi connectivity index (χ3n) is 2.33. The average Bonchev–Trinajstić information content (AvgIpc) is 2.29. The maximum atomic E-state index is 11.5. The number of pyridine rings is 1. The van der Waals surface area contributed by atoms with Crippen molar-refractivity contribution in [3.63, 3.8) is 0 Å². The Morgan fingerprint density at radius 3 is 2.82 bits per heavy atom. The van der Waals surface area contributed by atoms with Crippen molar-refractivity contribution in [3.8, 4) is 0 Å². The summed E-state index contributed by atoms with van der Waals surface area (Å²) >= 11 is 5.76. The van der Waals surface area contributed by atoms with Gasteiger partial charge in [0, 0.05) is 6.54 Å². The quantitative estimate of drug-likeness (QED) is 0.637. The van der Waals surface area contributed by atoms with Gasteiger partial charge in [-0.05, 0) is 26.0 Å². The highest BCUT2D eigenvalue weighted by atomic mass is 35.5. The minimum absolute atomic E-state index is 0.300. The first-order valence-electron chi connectivity index (χ1n) is 5.11. The largest absolute Gasteiger partial charge is 0.469 e. The number of halogens is 1. The van der Waals surface area contributed by atoms with Crippen LogP contribution < -0.4 is 11.1 Å². The zero-order chi connectivity index (χ0) is 13.1. The lowest BCUT2D eigenvalue weighted by atomic mass is 9.94. The van der Waals surface area contributed by atoms with Gasteiger partial charge in [0.15, 0.2) is 5.82 Å². The molecule has 1 aromatic rings. The topological polar surface area (TPSA) is 77.2 Å². The lowest BCUT2D eigenvalue weighted by molar-refractivity contribution is -0.149. The van der Waals surface area contributed by atoms with E-state index in [2.05, 4.69) is 10.3 Å². The summed E-state index contributed by atoms with van der Waals surface area (Å²) in [6.45, 7) is 3.90. The molecule has 94 valence electrons. The highest BCUT2D eigenvalue weighted by molar-refractivity contribution is 6.29. The fourth-order valence-electron chi connectivity index (χ4n) is 1.24. The van der Waals surface area contributed by atoms with E-state index in [4.69, 9.17) is 22.1 Å². The van der Waals surface area contributed by atoms with Crippen LogP contribution >= 0.6 is 11.6 Å². The lowest BCUT2D eigenvalue weighted by Crippen LogP contribution is -2.33. The summed E-state index contributed by atoms with van der Waals surface area (Å²) in [7, 11) is 1.36. The van der Waals surface area contributed by atoms with E-state index in [0.29, 0.717) is 23.2 Å². The zero-order valence-corrected chi connectivity index (χ0v) is 10.8. The van der Waals surface area contributed by atoms with Crippen LogP contribution in [-0.2, 0) is 9.53 Å². The van der Waals surface area contributed by atoms with Gasteiger partial charge in [-0.3, -0.25) is 4.79 Å². The monoisotopic (exact) mass is 257 g/mol. The predicted molar refractivity (Wildman–Crippen MR) is 67.9 cm³/mol. The van der Waals surface area contributed by atoms with Crippen LogP contribution in [0.4, 0.5) is 11.5 Å². The third kappa shape index (κ3) is 3.49. The smallest absolute Gasteiger partial charge is 0.313 e. The van der Waals surface area contributed by atoms with Crippen LogP contribution in [0.3, 0.4) is 0 Å². The number of anilines is 2. The van der Waals surface area contributed by atoms with E-state index in [1.165, 1.54) is 7.11 Å². The molecular formula is C11H16ClN3O2. The number of nitrogens with one attached hydrogen (secondary N) is 1. The standard InChI is InChI=1S/C11H16ClN3O2/c1-11(2,10(16)17-3)6-14-9-7(13)4-5-8(12)15-9/h4-5H,6,13H2,1-3H3,(H,14,15). The summed E-state index contributed by atoms with van der Waals surface area (Å²) < 4.78 is 4.70. The maximum Gasteiger partial charge on any atom is 0.313 e. The fraction of sp³-hybridized carbons (Fsp3) is 0.455. The molecule has 0 aliphatic carbocycles. The van der Waals surface area contributed by atoms with Crippen molar-refractivity contribution < 1.29 is 9.53 Å². The molecule has 3 N–H and O–H groups in total. The SMILES string of the molecule is COC(=O)C(C)(C)CNc1nc(Cl)ccc1N. The van der Waals surface area contributed by atoms with Crippen molar-refractivity contribution in [2.45, 2.75) is 13.8 Å². The Bertz CT molecular complexity index is 421. The first-order valence-corrected chi connectivity index (χ1v) is 5.49. The molecule has 0 saturated heterocycles. The molecule has 1 heterocycles. The van der Waals surface area contributed by atoms with E-state index >= 15 is 0 Å². The molecule has 0 unspecified atom stereocenters. The Hall–Kier alpha value is -1.49. The van der Waals surface area contributed by atoms with Gasteiger partial charge in [0.25, 0.3) is 0 Å². The number of aromatic nitrogens is 1. The molecule has 0 radical (unpaired) electrons. The number of nitrogen functional groups attached to an aromatic ring is 1. The number of esters is 1.